The van der Waals surface area contributed by atoms with Gasteiger partial charge in [0.15, 0.2) is 0 Å². The first-order chi connectivity index (χ1) is 10.0. The highest BCUT2D eigenvalue weighted by Crippen LogP contribution is 2.13. The third-order valence-corrected chi connectivity index (χ3v) is 3.58. The summed E-state index contributed by atoms with van der Waals surface area (Å²) in [6, 6.07) is 7.19. The van der Waals surface area contributed by atoms with Gasteiger partial charge in [0.1, 0.15) is 0 Å². The second-order valence-corrected chi connectivity index (χ2v) is 5.07. The lowest BCUT2D eigenvalue weighted by Gasteiger charge is -2.25. The third kappa shape index (κ3) is 6.14. The summed E-state index contributed by atoms with van der Waals surface area (Å²) in [6.45, 7) is 7.26. The normalized spacial score (nSPS) is 11.2. The van der Waals surface area contributed by atoms with Crippen molar-refractivity contribution in [2.75, 3.05) is 18.5 Å². The summed E-state index contributed by atoms with van der Waals surface area (Å²) in [5, 5.41) is 15.5. The van der Waals surface area contributed by atoms with Gasteiger partial charge in [0.05, 0.1) is 12.2 Å². The van der Waals surface area contributed by atoms with Crippen LogP contribution in [-0.4, -0.2) is 29.9 Å². The number of nitrogens with one attached hydrogen (secondary N) is 2. The van der Waals surface area contributed by atoms with E-state index in [0.29, 0.717) is 31.7 Å². The molecule has 0 aromatic heterocycles. The van der Waals surface area contributed by atoms with E-state index in [1.165, 1.54) is 0 Å². The van der Waals surface area contributed by atoms with E-state index in [9.17, 15) is 9.90 Å². The molecule has 0 atom stereocenters. The number of urea groups is 1. The van der Waals surface area contributed by atoms with E-state index in [0.717, 1.165) is 5.56 Å². The topological polar surface area (TPSA) is 70.6 Å². The molecule has 0 unspecified atom stereocenters. The quantitative estimate of drug-likeness (QED) is 0.690. The maximum Gasteiger partial charge on any atom is 0.319 e. The van der Waals surface area contributed by atoms with Crippen LogP contribution in [0.15, 0.2) is 24.3 Å². The van der Waals surface area contributed by atoms with Gasteiger partial charge in [-0.05, 0) is 37.5 Å². The molecule has 2 amide bonds. The molecule has 1 rings (SSSR count). The van der Waals surface area contributed by atoms with E-state index in [-0.39, 0.29) is 12.6 Å². The average molecular weight is 294 g/mol. The van der Waals surface area contributed by atoms with Crippen LogP contribution in [0, 0.1) is 0 Å². The number of ether oxygens (including phenoxy) is 1. The molecule has 0 fully saturated rings. The number of hydrogen-bond acceptors (Lipinski definition) is 3. The molecule has 0 saturated carbocycles. The largest absolute Gasteiger partial charge is 0.388 e. The molecular weight excluding hydrogens is 268 g/mol. The molecule has 0 bridgehead atoms. The number of anilines is 1. The molecule has 0 aliphatic heterocycles. The van der Waals surface area contributed by atoms with E-state index in [1.54, 1.807) is 0 Å². The van der Waals surface area contributed by atoms with E-state index < -0.39 is 5.60 Å². The van der Waals surface area contributed by atoms with E-state index >= 15 is 0 Å². The molecule has 0 radical (unpaired) electrons. The SMILES string of the molecule is CCOCc1ccc(NC(=O)NCC(O)(CC)CC)cc1. The van der Waals surface area contributed by atoms with Crippen LogP contribution in [0.4, 0.5) is 10.5 Å². The minimum absolute atomic E-state index is 0.244. The molecule has 118 valence electrons. The lowest BCUT2D eigenvalue weighted by Crippen LogP contribution is -2.43. The van der Waals surface area contributed by atoms with Crippen LogP contribution in [0.5, 0.6) is 0 Å². The summed E-state index contributed by atoms with van der Waals surface area (Å²) in [5.41, 5.74) is 0.942. The van der Waals surface area contributed by atoms with Crippen molar-refractivity contribution in [3.05, 3.63) is 29.8 Å². The Morgan fingerprint density at radius 2 is 1.81 bits per heavy atom. The van der Waals surface area contributed by atoms with Crippen molar-refractivity contribution in [1.82, 2.24) is 5.32 Å². The first-order valence-electron chi connectivity index (χ1n) is 7.47. The average Bonchev–Trinajstić information content (AvgIpc) is 2.52. The molecule has 0 aliphatic rings. The summed E-state index contributed by atoms with van der Waals surface area (Å²) < 4.78 is 5.31. The van der Waals surface area contributed by atoms with Crippen molar-refractivity contribution in [3.63, 3.8) is 0 Å². The molecule has 1 aromatic rings. The van der Waals surface area contributed by atoms with E-state index in [2.05, 4.69) is 10.6 Å². The molecule has 5 nitrogen and oxygen atoms in total. The Bertz CT molecular complexity index is 428. The van der Waals surface area contributed by atoms with Crippen molar-refractivity contribution < 1.29 is 14.6 Å². The molecule has 0 saturated heterocycles. The van der Waals surface area contributed by atoms with Gasteiger partial charge in [0.2, 0.25) is 0 Å². The Morgan fingerprint density at radius 1 is 1.19 bits per heavy atom. The molecule has 0 heterocycles. The molecule has 0 aliphatic carbocycles. The molecule has 1 aromatic carbocycles. The Balaban J connectivity index is 2.44. The summed E-state index contributed by atoms with van der Waals surface area (Å²) in [4.78, 5) is 11.8. The fourth-order valence-corrected chi connectivity index (χ4v) is 1.82. The van der Waals surface area contributed by atoms with Crippen LogP contribution in [0.2, 0.25) is 0 Å². The maximum atomic E-state index is 11.8. The highest BCUT2D eigenvalue weighted by Gasteiger charge is 2.22. The van der Waals surface area contributed by atoms with Crippen molar-refractivity contribution in [2.24, 2.45) is 0 Å². The first kappa shape index (κ1) is 17.5. The van der Waals surface area contributed by atoms with Gasteiger partial charge in [-0.2, -0.15) is 0 Å². The second-order valence-electron chi connectivity index (χ2n) is 5.07. The predicted octanol–water partition coefficient (Wildman–Crippen LogP) is 2.90. The Morgan fingerprint density at radius 3 is 2.33 bits per heavy atom. The van der Waals surface area contributed by atoms with Gasteiger partial charge in [-0.3, -0.25) is 0 Å². The zero-order chi connectivity index (χ0) is 15.7. The number of amides is 2. The predicted molar refractivity (Wildman–Crippen MR) is 84.3 cm³/mol. The summed E-state index contributed by atoms with van der Waals surface area (Å²) in [5.74, 6) is 0. The highest BCUT2D eigenvalue weighted by atomic mass is 16.5. The second kappa shape index (κ2) is 8.64. The number of carbonyl (C=O) groups is 1. The van der Waals surface area contributed by atoms with E-state index in [4.69, 9.17) is 4.74 Å². The summed E-state index contributed by atoms with van der Waals surface area (Å²) >= 11 is 0. The van der Waals surface area contributed by atoms with Gasteiger partial charge < -0.3 is 20.5 Å². The van der Waals surface area contributed by atoms with Gasteiger partial charge >= 0.3 is 6.03 Å². The molecule has 21 heavy (non-hydrogen) atoms. The van der Waals surface area contributed by atoms with Gasteiger partial charge in [0.25, 0.3) is 0 Å². The van der Waals surface area contributed by atoms with Crippen LogP contribution < -0.4 is 10.6 Å². The maximum absolute atomic E-state index is 11.8. The van der Waals surface area contributed by atoms with Crippen molar-refractivity contribution in [2.45, 2.75) is 45.8 Å². The molecule has 3 N–H and O–H groups in total. The highest BCUT2D eigenvalue weighted by molar-refractivity contribution is 5.89. The number of hydrogen-bond donors (Lipinski definition) is 3. The van der Waals surface area contributed by atoms with Gasteiger partial charge in [-0.15, -0.1) is 0 Å². The Kier molecular flexibility index (Phi) is 7.19. The number of rotatable bonds is 8. The minimum atomic E-state index is -0.835. The van der Waals surface area contributed by atoms with Crippen LogP contribution in [-0.2, 0) is 11.3 Å². The minimum Gasteiger partial charge on any atom is -0.388 e. The first-order valence-corrected chi connectivity index (χ1v) is 7.47. The van der Waals surface area contributed by atoms with Crippen molar-refractivity contribution >= 4 is 11.7 Å². The van der Waals surface area contributed by atoms with Crippen LogP contribution in [0.25, 0.3) is 0 Å². The lowest BCUT2D eigenvalue weighted by atomic mass is 9.98. The number of benzene rings is 1. The van der Waals surface area contributed by atoms with Gasteiger partial charge in [-0.1, -0.05) is 26.0 Å². The fraction of sp³-hybridized carbons (Fsp3) is 0.562. The van der Waals surface area contributed by atoms with Crippen LogP contribution >= 0.6 is 0 Å². The monoisotopic (exact) mass is 294 g/mol. The van der Waals surface area contributed by atoms with E-state index in [1.807, 2.05) is 45.0 Å². The number of carbonyl (C=O) groups excluding carboxylic acids is 1. The lowest BCUT2D eigenvalue weighted by molar-refractivity contribution is 0.0354. The Labute approximate surface area is 126 Å². The van der Waals surface area contributed by atoms with Crippen LogP contribution in [0.3, 0.4) is 0 Å². The van der Waals surface area contributed by atoms with Gasteiger partial charge in [-0.25, -0.2) is 4.79 Å². The molecule has 0 spiro atoms. The summed E-state index contributed by atoms with van der Waals surface area (Å²) in [7, 11) is 0. The fourth-order valence-electron chi connectivity index (χ4n) is 1.82. The van der Waals surface area contributed by atoms with Gasteiger partial charge in [0, 0.05) is 18.8 Å². The Hall–Kier alpha value is -1.59. The van der Waals surface area contributed by atoms with Crippen LogP contribution in [0.1, 0.15) is 39.2 Å². The molecule has 5 heteroatoms. The number of aliphatic hydroxyl groups is 1. The third-order valence-electron chi connectivity index (χ3n) is 3.58. The summed E-state index contributed by atoms with van der Waals surface area (Å²) in [6.07, 6.45) is 1.21. The smallest absolute Gasteiger partial charge is 0.319 e. The molecular formula is C16H26N2O3. The zero-order valence-electron chi connectivity index (χ0n) is 13.1. The van der Waals surface area contributed by atoms with Crippen molar-refractivity contribution in [1.29, 1.82) is 0 Å². The standard InChI is InChI=1S/C16H26N2O3/c1-4-16(20,5-2)12-17-15(19)18-14-9-7-13(8-10-14)11-21-6-3/h7-10,20H,4-6,11-12H2,1-3H3,(H2,17,18,19). The zero-order valence-corrected chi connectivity index (χ0v) is 13.1. The van der Waals surface area contributed by atoms with Crippen molar-refractivity contribution in [3.8, 4) is 0 Å².